The Labute approximate surface area is 213 Å². The van der Waals surface area contributed by atoms with Gasteiger partial charge in [-0.1, -0.05) is 72.3 Å². The van der Waals surface area contributed by atoms with Crippen molar-refractivity contribution in [3.8, 4) is 0 Å². The van der Waals surface area contributed by atoms with Crippen LogP contribution in [-0.4, -0.2) is 43.0 Å². The van der Waals surface area contributed by atoms with Gasteiger partial charge >= 0.3 is 0 Å². The van der Waals surface area contributed by atoms with Crippen molar-refractivity contribution in [1.82, 2.24) is 10.2 Å². The number of hydrogen-bond acceptors (Lipinski definition) is 3. The van der Waals surface area contributed by atoms with Gasteiger partial charge in [0.2, 0.25) is 5.91 Å². The molecule has 1 aliphatic heterocycles. The largest absolute Gasteiger partial charge is 0.378 e. The number of piperidine rings is 1. The average molecular weight is 483 g/mol. The lowest BCUT2D eigenvalue weighted by Crippen LogP contribution is -2.51. The molecule has 0 unspecified atom stereocenters. The van der Waals surface area contributed by atoms with Gasteiger partial charge in [-0.2, -0.15) is 0 Å². The molecule has 2 aliphatic rings. The van der Waals surface area contributed by atoms with E-state index in [2.05, 4.69) is 23.5 Å². The second-order valence-electron chi connectivity index (χ2n) is 10.2. The van der Waals surface area contributed by atoms with E-state index in [4.69, 9.17) is 4.74 Å². The molecule has 1 heterocycles. The summed E-state index contributed by atoms with van der Waals surface area (Å²) in [6.07, 6.45) is 1.74. The van der Waals surface area contributed by atoms with E-state index in [0.717, 1.165) is 40.7 Å². The summed E-state index contributed by atoms with van der Waals surface area (Å²) in [5, 5.41) is 3.29. The lowest BCUT2D eigenvalue weighted by Gasteiger charge is -2.44. The van der Waals surface area contributed by atoms with Gasteiger partial charge < -0.3 is 15.0 Å². The minimum absolute atomic E-state index is 0.0114. The Hall–Kier alpha value is -3.44. The van der Waals surface area contributed by atoms with Crippen LogP contribution < -0.4 is 5.32 Å². The Bertz CT molecular complexity index is 1260. The van der Waals surface area contributed by atoms with E-state index in [-0.39, 0.29) is 29.4 Å². The number of rotatable bonds is 5. The number of carbonyl (C=O) groups is 2. The van der Waals surface area contributed by atoms with Crippen LogP contribution in [0.4, 0.5) is 0 Å². The highest BCUT2D eigenvalue weighted by atomic mass is 16.5. The summed E-state index contributed by atoms with van der Waals surface area (Å²) in [6, 6.07) is 24.0. The molecule has 186 valence electrons. The second kappa shape index (κ2) is 9.90. The summed E-state index contributed by atoms with van der Waals surface area (Å²) < 4.78 is 6.15. The first-order valence-electron chi connectivity index (χ1n) is 12.7. The minimum atomic E-state index is -0.242. The van der Waals surface area contributed by atoms with Crippen LogP contribution in [0.5, 0.6) is 0 Å². The molecule has 2 amide bonds. The minimum Gasteiger partial charge on any atom is -0.378 e. The summed E-state index contributed by atoms with van der Waals surface area (Å²) in [5.74, 6) is 0.0849. The lowest BCUT2D eigenvalue weighted by molar-refractivity contribution is -0.122. The zero-order valence-electron chi connectivity index (χ0n) is 21.3. The predicted octanol–water partition coefficient (Wildman–Crippen LogP) is 4.91. The molecule has 0 bridgehead atoms. The number of benzene rings is 3. The Balaban J connectivity index is 1.37. The fourth-order valence-corrected chi connectivity index (χ4v) is 6.18. The number of amides is 2. The van der Waals surface area contributed by atoms with Crippen molar-refractivity contribution in [2.24, 2.45) is 0 Å². The van der Waals surface area contributed by atoms with E-state index < -0.39 is 0 Å². The van der Waals surface area contributed by atoms with Crippen molar-refractivity contribution in [2.45, 2.75) is 50.7 Å². The number of nitrogens with zero attached hydrogens (tertiary/aromatic N) is 1. The predicted molar refractivity (Wildman–Crippen MR) is 141 cm³/mol. The summed E-state index contributed by atoms with van der Waals surface area (Å²) in [5.41, 5.74) is 5.99. The van der Waals surface area contributed by atoms with Crippen molar-refractivity contribution in [1.29, 1.82) is 0 Å². The monoisotopic (exact) mass is 482 g/mol. The highest BCUT2D eigenvalue weighted by Gasteiger charge is 2.54. The first-order valence-corrected chi connectivity index (χ1v) is 12.7. The zero-order valence-corrected chi connectivity index (χ0v) is 21.3. The third-order valence-corrected chi connectivity index (χ3v) is 8.02. The average Bonchev–Trinajstić information content (AvgIpc) is 3.14. The van der Waals surface area contributed by atoms with E-state index in [0.29, 0.717) is 19.5 Å². The SMILES string of the molecule is CO[C@H]1[C@H](NC(=O)Cc2ccccc2)c2ccccc2C12CCN(C(=O)c1cc(C)ccc1C)CC2. The van der Waals surface area contributed by atoms with Crippen LogP contribution in [0.1, 0.15) is 57.1 Å². The van der Waals surface area contributed by atoms with Crippen molar-refractivity contribution in [3.63, 3.8) is 0 Å². The van der Waals surface area contributed by atoms with Crippen LogP contribution in [-0.2, 0) is 21.4 Å². The van der Waals surface area contributed by atoms with Crippen molar-refractivity contribution in [3.05, 3.63) is 106 Å². The third-order valence-electron chi connectivity index (χ3n) is 8.02. The number of methoxy groups -OCH3 is 1. The number of likely N-dealkylation sites (tertiary alicyclic amines) is 1. The quantitative estimate of drug-likeness (QED) is 0.562. The summed E-state index contributed by atoms with van der Waals surface area (Å²) >= 11 is 0. The Morgan fingerprint density at radius 2 is 1.67 bits per heavy atom. The fourth-order valence-electron chi connectivity index (χ4n) is 6.18. The molecule has 1 saturated heterocycles. The number of fused-ring (bicyclic) bond motifs is 2. The molecule has 1 spiro atoms. The topological polar surface area (TPSA) is 58.6 Å². The van der Waals surface area contributed by atoms with Crippen LogP contribution in [0.3, 0.4) is 0 Å². The summed E-state index contributed by atoms with van der Waals surface area (Å²) in [6.45, 7) is 5.33. The molecule has 1 fully saturated rings. The van der Waals surface area contributed by atoms with Crippen molar-refractivity contribution < 1.29 is 14.3 Å². The number of nitrogens with one attached hydrogen (secondary N) is 1. The maximum atomic E-state index is 13.4. The number of carbonyl (C=O) groups excluding carboxylic acids is 2. The van der Waals surface area contributed by atoms with Gasteiger partial charge in [0.25, 0.3) is 5.91 Å². The number of aryl methyl sites for hydroxylation is 2. The van der Waals surface area contributed by atoms with Crippen LogP contribution in [0.15, 0.2) is 72.8 Å². The van der Waals surface area contributed by atoms with Gasteiger partial charge in [-0.3, -0.25) is 9.59 Å². The summed E-state index contributed by atoms with van der Waals surface area (Å²) in [4.78, 5) is 28.4. The Morgan fingerprint density at radius 1 is 0.972 bits per heavy atom. The van der Waals surface area contributed by atoms with Crippen LogP contribution >= 0.6 is 0 Å². The number of ether oxygens (including phenoxy) is 1. The van der Waals surface area contributed by atoms with Crippen molar-refractivity contribution >= 4 is 11.8 Å². The molecular formula is C31H34N2O3. The third kappa shape index (κ3) is 4.33. The molecule has 0 aromatic heterocycles. The summed E-state index contributed by atoms with van der Waals surface area (Å²) in [7, 11) is 1.74. The van der Waals surface area contributed by atoms with Gasteiger partial charge in [0.15, 0.2) is 0 Å². The normalized spacial score (nSPS) is 20.2. The maximum absolute atomic E-state index is 13.4. The van der Waals surface area contributed by atoms with Gasteiger partial charge in [-0.15, -0.1) is 0 Å². The first-order chi connectivity index (χ1) is 17.4. The van der Waals surface area contributed by atoms with Crippen LogP contribution in [0.2, 0.25) is 0 Å². The van der Waals surface area contributed by atoms with Gasteiger partial charge in [-0.05, 0) is 55.0 Å². The van der Waals surface area contributed by atoms with Crippen LogP contribution in [0, 0.1) is 13.8 Å². The van der Waals surface area contributed by atoms with Crippen LogP contribution in [0.25, 0.3) is 0 Å². The smallest absolute Gasteiger partial charge is 0.254 e. The molecule has 3 aromatic carbocycles. The van der Waals surface area contributed by atoms with E-state index in [1.54, 1.807) is 7.11 Å². The van der Waals surface area contributed by atoms with Gasteiger partial charge in [-0.25, -0.2) is 0 Å². The molecule has 0 saturated carbocycles. The van der Waals surface area contributed by atoms with Gasteiger partial charge in [0, 0.05) is 31.2 Å². The first kappa shape index (κ1) is 24.3. The molecule has 5 nitrogen and oxygen atoms in total. The molecule has 3 aromatic rings. The zero-order chi connectivity index (χ0) is 25.3. The number of hydrogen-bond donors (Lipinski definition) is 1. The molecule has 5 rings (SSSR count). The maximum Gasteiger partial charge on any atom is 0.254 e. The fraction of sp³-hybridized carbons (Fsp3) is 0.355. The highest BCUT2D eigenvalue weighted by Crippen LogP contribution is 2.52. The van der Waals surface area contributed by atoms with Crippen molar-refractivity contribution in [2.75, 3.05) is 20.2 Å². The lowest BCUT2D eigenvalue weighted by atomic mass is 9.71. The molecular weight excluding hydrogens is 448 g/mol. The molecule has 36 heavy (non-hydrogen) atoms. The Kier molecular flexibility index (Phi) is 6.67. The van der Waals surface area contributed by atoms with E-state index >= 15 is 0 Å². The molecule has 5 heteroatoms. The van der Waals surface area contributed by atoms with Gasteiger partial charge in [0.05, 0.1) is 18.6 Å². The Morgan fingerprint density at radius 3 is 2.39 bits per heavy atom. The van der Waals surface area contributed by atoms with E-state index in [1.807, 2.05) is 73.3 Å². The molecule has 1 aliphatic carbocycles. The standard InChI is InChI=1S/C31H34N2O3/c1-21-13-14-22(2)25(19-21)30(35)33-17-15-31(16-18-33)26-12-8-7-11-24(26)28(29(31)36-3)32-27(34)20-23-9-5-4-6-10-23/h4-14,19,28-29H,15-18,20H2,1-3H3,(H,32,34)/t28-,29+/m1/s1. The highest BCUT2D eigenvalue weighted by molar-refractivity contribution is 5.96. The molecule has 0 radical (unpaired) electrons. The van der Waals surface area contributed by atoms with E-state index in [1.165, 1.54) is 5.56 Å². The van der Waals surface area contributed by atoms with E-state index in [9.17, 15) is 9.59 Å². The molecule has 2 atom stereocenters. The van der Waals surface area contributed by atoms with Gasteiger partial charge in [0.1, 0.15) is 0 Å². The second-order valence-corrected chi connectivity index (χ2v) is 10.2. The molecule has 1 N–H and O–H groups in total.